The summed E-state index contributed by atoms with van der Waals surface area (Å²) in [6.45, 7) is 3.31. The van der Waals surface area contributed by atoms with E-state index in [0.717, 1.165) is 21.9 Å². The van der Waals surface area contributed by atoms with Gasteiger partial charge in [0.05, 0.1) is 36.7 Å². The van der Waals surface area contributed by atoms with Gasteiger partial charge in [0.1, 0.15) is 17.3 Å². The number of carbonyl (C=O) groups excluding carboxylic acids is 2. The number of aromatic hydroxyl groups is 1. The van der Waals surface area contributed by atoms with Crippen molar-refractivity contribution >= 4 is 56.6 Å². The Kier molecular flexibility index (Phi) is 6.60. The molecule has 1 aliphatic heterocycles. The average Bonchev–Trinajstić information content (AvgIpc) is 3.68. The van der Waals surface area contributed by atoms with Crippen LogP contribution in [0.25, 0.3) is 21.7 Å². The van der Waals surface area contributed by atoms with Crippen LogP contribution in [0.3, 0.4) is 0 Å². The van der Waals surface area contributed by atoms with E-state index in [1.54, 1.807) is 36.4 Å². The second kappa shape index (κ2) is 10.2. The van der Waals surface area contributed by atoms with Crippen LogP contribution in [0.2, 0.25) is 0 Å². The Morgan fingerprint density at radius 1 is 1.27 bits per heavy atom. The Morgan fingerprint density at radius 3 is 2.92 bits per heavy atom. The molecule has 4 heterocycles. The predicted molar refractivity (Wildman–Crippen MR) is 151 cm³/mol. The minimum atomic E-state index is -0.453. The van der Waals surface area contributed by atoms with Gasteiger partial charge in [-0.05, 0) is 35.6 Å². The van der Waals surface area contributed by atoms with Crippen molar-refractivity contribution in [3.8, 4) is 5.75 Å². The number of hydrogen-bond acceptors (Lipinski definition) is 7. The normalized spacial score (nSPS) is 14.7. The summed E-state index contributed by atoms with van der Waals surface area (Å²) in [5.74, 6) is -0.0237. The van der Waals surface area contributed by atoms with Gasteiger partial charge in [0.15, 0.2) is 5.69 Å². The van der Waals surface area contributed by atoms with Gasteiger partial charge in [0.25, 0.3) is 11.8 Å². The number of amides is 2. The number of anilines is 2. The second-order valence-corrected chi connectivity index (χ2v) is 10.1. The molecule has 0 radical (unpaired) electrons. The molecular weight excluding hydrogens is 534 g/mol. The number of aromatic amines is 1. The van der Waals surface area contributed by atoms with Crippen molar-refractivity contribution in [1.29, 1.82) is 0 Å². The molecule has 11 nitrogen and oxygen atoms in total. The molecule has 0 aliphatic carbocycles. The van der Waals surface area contributed by atoms with Crippen LogP contribution in [0, 0.1) is 6.92 Å². The van der Waals surface area contributed by atoms with Gasteiger partial charge < -0.3 is 25.0 Å². The fourth-order valence-corrected chi connectivity index (χ4v) is 5.51. The lowest BCUT2D eigenvalue weighted by atomic mass is 9.92. The number of aryl methyl sites for hydroxylation is 1. The van der Waals surface area contributed by atoms with E-state index < -0.39 is 5.91 Å². The lowest BCUT2D eigenvalue weighted by Gasteiger charge is -2.18. The molecule has 2 aromatic carbocycles. The number of hydrogen-bond donors (Lipinski definition) is 3. The number of alkyl halides is 1. The maximum Gasteiger partial charge on any atom is 0.278 e. The first-order chi connectivity index (χ1) is 19.4. The molecule has 12 heteroatoms. The van der Waals surface area contributed by atoms with E-state index in [9.17, 15) is 14.7 Å². The molecule has 1 aliphatic rings. The number of phenols is 1. The van der Waals surface area contributed by atoms with Crippen molar-refractivity contribution in [2.45, 2.75) is 19.4 Å². The average molecular weight is 560 g/mol. The Labute approximate surface area is 233 Å². The van der Waals surface area contributed by atoms with Crippen molar-refractivity contribution in [2.24, 2.45) is 0 Å². The highest BCUT2D eigenvalue weighted by Gasteiger charge is 2.35. The Morgan fingerprint density at radius 2 is 2.12 bits per heavy atom. The summed E-state index contributed by atoms with van der Waals surface area (Å²) in [6, 6.07) is 10.8. The molecule has 3 N–H and O–H groups in total. The summed E-state index contributed by atoms with van der Waals surface area (Å²) in [5, 5.41) is 23.7. The number of ether oxygens (including phenoxy) is 1. The molecule has 0 unspecified atom stereocenters. The zero-order valence-corrected chi connectivity index (χ0v) is 22.6. The number of fused-ring (bicyclic) bond motifs is 4. The van der Waals surface area contributed by atoms with Crippen molar-refractivity contribution < 1.29 is 19.4 Å². The molecule has 0 fully saturated rings. The zero-order valence-electron chi connectivity index (χ0n) is 21.8. The van der Waals surface area contributed by atoms with E-state index in [-0.39, 0.29) is 23.3 Å². The molecule has 2 amide bonds. The van der Waals surface area contributed by atoms with Crippen LogP contribution in [0.15, 0.2) is 48.8 Å². The fourth-order valence-electron chi connectivity index (χ4n) is 5.25. The number of phenolic OH excluding ortho intramolecular Hbond substituents is 1. The van der Waals surface area contributed by atoms with Gasteiger partial charge >= 0.3 is 0 Å². The summed E-state index contributed by atoms with van der Waals surface area (Å²) in [4.78, 5) is 35.5. The van der Waals surface area contributed by atoms with Crippen molar-refractivity contribution in [2.75, 3.05) is 36.4 Å². The lowest BCUT2D eigenvalue weighted by molar-refractivity contribution is 0.0982. The molecule has 204 valence electrons. The molecule has 40 heavy (non-hydrogen) atoms. The highest BCUT2D eigenvalue weighted by Crippen LogP contribution is 2.46. The summed E-state index contributed by atoms with van der Waals surface area (Å²) < 4.78 is 6.53. The van der Waals surface area contributed by atoms with E-state index in [4.69, 9.17) is 16.3 Å². The number of halogens is 1. The van der Waals surface area contributed by atoms with Crippen molar-refractivity contribution in [1.82, 2.24) is 25.0 Å². The highest BCUT2D eigenvalue weighted by molar-refractivity contribution is 6.19. The summed E-state index contributed by atoms with van der Waals surface area (Å²) >= 11 is 6.37. The first-order valence-electron chi connectivity index (χ1n) is 12.7. The zero-order chi connectivity index (χ0) is 28.0. The number of carbonyl (C=O) groups is 2. The maximum atomic E-state index is 13.8. The second-order valence-electron chi connectivity index (χ2n) is 9.75. The third kappa shape index (κ3) is 4.42. The molecule has 0 saturated carbocycles. The predicted octanol–water partition coefficient (Wildman–Crippen LogP) is 4.20. The van der Waals surface area contributed by atoms with Crippen molar-refractivity contribution in [3.05, 3.63) is 71.3 Å². The summed E-state index contributed by atoms with van der Waals surface area (Å²) in [6.07, 6.45) is 3.09. The van der Waals surface area contributed by atoms with Crippen LogP contribution in [-0.2, 0) is 11.3 Å². The minimum absolute atomic E-state index is 0.0786. The van der Waals surface area contributed by atoms with Gasteiger partial charge in [-0.3, -0.25) is 9.59 Å². The number of H-pyrrole nitrogens is 1. The van der Waals surface area contributed by atoms with Crippen LogP contribution in [0.5, 0.6) is 5.75 Å². The Bertz CT molecular complexity index is 1780. The molecule has 0 saturated heterocycles. The number of nitrogens with one attached hydrogen (secondary N) is 2. The fraction of sp³-hybridized carbons (Fsp3) is 0.250. The van der Waals surface area contributed by atoms with Crippen LogP contribution >= 0.6 is 11.6 Å². The smallest absolute Gasteiger partial charge is 0.278 e. The van der Waals surface area contributed by atoms with E-state index in [1.165, 1.54) is 10.9 Å². The molecular formula is C28H26ClN7O4. The standard InChI is InChI=1S/C28H26ClN7O4/c1-15-4-3-5-18-23(37)10-22-26(25(15)18)17(11-29)13-36(22)28(39)19-8-16-9-24(30-12-20(16)31-19)32-27(38)21-14-35(34-33-21)6-7-40-2/h3-5,8-10,12,14,17,31,37H,6-7,11,13H2,1-2H3,(H,30,32,38)/t17-/m1/s1. The van der Waals surface area contributed by atoms with E-state index in [2.05, 4.69) is 25.6 Å². The van der Waals surface area contributed by atoms with Gasteiger partial charge in [-0.1, -0.05) is 23.4 Å². The first kappa shape index (κ1) is 25.8. The number of benzene rings is 2. The first-order valence-corrected chi connectivity index (χ1v) is 13.2. The monoisotopic (exact) mass is 559 g/mol. The van der Waals surface area contributed by atoms with Crippen LogP contribution in [0.4, 0.5) is 11.5 Å². The number of pyridine rings is 1. The molecule has 3 aromatic heterocycles. The molecule has 5 aromatic rings. The van der Waals surface area contributed by atoms with Gasteiger partial charge in [-0.15, -0.1) is 16.7 Å². The number of methoxy groups -OCH3 is 1. The number of aromatic nitrogens is 5. The highest BCUT2D eigenvalue weighted by atomic mass is 35.5. The Hall–Kier alpha value is -4.48. The molecule has 1 atom stereocenters. The third-order valence-electron chi connectivity index (χ3n) is 7.17. The third-order valence-corrected chi connectivity index (χ3v) is 7.55. The van der Waals surface area contributed by atoms with Gasteiger partial charge in [-0.2, -0.15) is 0 Å². The Balaban J connectivity index is 1.27. The van der Waals surface area contributed by atoms with Crippen LogP contribution < -0.4 is 10.2 Å². The van der Waals surface area contributed by atoms with E-state index in [1.807, 2.05) is 25.1 Å². The van der Waals surface area contributed by atoms with Gasteiger partial charge in [-0.25, -0.2) is 9.67 Å². The lowest BCUT2D eigenvalue weighted by Crippen LogP contribution is -2.30. The minimum Gasteiger partial charge on any atom is -0.507 e. The van der Waals surface area contributed by atoms with Crippen LogP contribution in [-0.4, -0.2) is 68.0 Å². The maximum absolute atomic E-state index is 13.8. The van der Waals surface area contributed by atoms with Gasteiger partial charge in [0.2, 0.25) is 0 Å². The summed E-state index contributed by atoms with van der Waals surface area (Å²) in [5.41, 5.74) is 3.77. The SMILES string of the molecule is COCCn1cc(C(=O)Nc2cc3cc(C(=O)N4C[C@@H](CCl)c5c4cc(O)c4cccc(C)c54)[nH]c3cn2)nn1. The quantitative estimate of drug-likeness (QED) is 0.254. The van der Waals surface area contributed by atoms with E-state index in [0.29, 0.717) is 53.7 Å². The van der Waals surface area contributed by atoms with E-state index >= 15 is 0 Å². The topological polar surface area (TPSA) is 138 Å². The largest absolute Gasteiger partial charge is 0.507 e. The van der Waals surface area contributed by atoms with Crippen LogP contribution in [0.1, 0.15) is 38.0 Å². The molecule has 0 bridgehead atoms. The molecule has 0 spiro atoms. The molecule has 6 rings (SSSR count). The summed E-state index contributed by atoms with van der Waals surface area (Å²) in [7, 11) is 1.58. The van der Waals surface area contributed by atoms with Gasteiger partial charge in [0, 0.05) is 42.3 Å². The number of rotatable bonds is 7. The van der Waals surface area contributed by atoms with Crippen molar-refractivity contribution in [3.63, 3.8) is 0 Å². The number of nitrogens with zero attached hydrogens (tertiary/aromatic N) is 5.